The van der Waals surface area contributed by atoms with Gasteiger partial charge < -0.3 is 10.2 Å². The highest BCUT2D eigenvalue weighted by atomic mass is 16.3. The van der Waals surface area contributed by atoms with Crippen LogP contribution in [0, 0.1) is 57.7 Å². The van der Waals surface area contributed by atoms with Crippen molar-refractivity contribution in [2.75, 3.05) is 0 Å². The summed E-state index contributed by atoms with van der Waals surface area (Å²) in [7, 11) is 0. The van der Waals surface area contributed by atoms with Crippen molar-refractivity contribution in [3.8, 4) is 0 Å². The van der Waals surface area contributed by atoms with E-state index in [4.69, 9.17) is 0 Å². The molecule has 0 radical (unpaired) electrons. The zero-order valence-corrected chi connectivity index (χ0v) is 20.0. The van der Waals surface area contributed by atoms with Gasteiger partial charge in [0.2, 0.25) is 0 Å². The molecular formula is C28H46O2. The van der Waals surface area contributed by atoms with Crippen LogP contribution in [-0.4, -0.2) is 21.9 Å². The molecule has 2 nitrogen and oxygen atoms in total. The van der Waals surface area contributed by atoms with Crippen LogP contribution in [0.5, 0.6) is 0 Å². The van der Waals surface area contributed by atoms with Gasteiger partial charge in [-0.3, -0.25) is 0 Å². The lowest BCUT2D eigenvalue weighted by atomic mass is 9.42. The molecule has 6 aliphatic rings. The molecular weight excluding hydrogens is 368 g/mol. The fourth-order valence-electron chi connectivity index (χ4n) is 10.9. The second-order valence-electron chi connectivity index (χ2n) is 13.7. The largest absolute Gasteiger partial charge is 0.393 e. The molecule has 2 unspecified atom stereocenters. The molecule has 2 N–H and O–H groups in total. The second kappa shape index (κ2) is 6.28. The van der Waals surface area contributed by atoms with Gasteiger partial charge in [-0.15, -0.1) is 0 Å². The summed E-state index contributed by atoms with van der Waals surface area (Å²) in [5.74, 6) is 5.44. The Balaban J connectivity index is 1.26. The number of aliphatic hydroxyl groups excluding tert-OH is 1. The third kappa shape index (κ3) is 2.45. The minimum absolute atomic E-state index is 0.0402. The van der Waals surface area contributed by atoms with Crippen molar-refractivity contribution in [1.82, 2.24) is 0 Å². The highest BCUT2D eigenvalue weighted by Gasteiger charge is 2.77. The van der Waals surface area contributed by atoms with Crippen LogP contribution in [0.3, 0.4) is 0 Å². The van der Waals surface area contributed by atoms with Crippen molar-refractivity contribution < 1.29 is 10.2 Å². The fourth-order valence-corrected chi connectivity index (χ4v) is 10.9. The van der Waals surface area contributed by atoms with Crippen LogP contribution >= 0.6 is 0 Å². The molecule has 0 amide bonds. The van der Waals surface area contributed by atoms with E-state index in [1.807, 2.05) is 0 Å². The Labute approximate surface area is 184 Å². The summed E-state index contributed by atoms with van der Waals surface area (Å²) in [6.45, 7) is 9.90. The molecule has 6 saturated carbocycles. The van der Waals surface area contributed by atoms with Crippen LogP contribution in [0.4, 0.5) is 0 Å². The van der Waals surface area contributed by atoms with Gasteiger partial charge >= 0.3 is 0 Å². The lowest BCUT2D eigenvalue weighted by molar-refractivity contribution is -0.161. The second-order valence-corrected chi connectivity index (χ2v) is 13.7. The van der Waals surface area contributed by atoms with Crippen molar-refractivity contribution in [2.45, 2.75) is 116 Å². The van der Waals surface area contributed by atoms with Gasteiger partial charge in [-0.2, -0.15) is 0 Å². The van der Waals surface area contributed by atoms with Gasteiger partial charge in [-0.05, 0) is 135 Å². The van der Waals surface area contributed by atoms with E-state index in [9.17, 15) is 10.2 Å². The zero-order valence-electron chi connectivity index (χ0n) is 20.0. The van der Waals surface area contributed by atoms with Crippen LogP contribution in [0.25, 0.3) is 0 Å². The maximum Gasteiger partial charge on any atom is 0.0648 e. The SMILES string of the molecule is CC[C@]1(O)CC[C@@]2(C)[C@@H](CC[C@@H]3[C@@H]2CC[C@@]2(C)[C@H]3CC3CC32[C@H](C)[C@@H](O)C2CC2)C1. The Morgan fingerprint density at radius 1 is 0.900 bits per heavy atom. The summed E-state index contributed by atoms with van der Waals surface area (Å²) >= 11 is 0. The molecule has 6 aliphatic carbocycles. The third-order valence-electron chi connectivity index (χ3n) is 13.1. The summed E-state index contributed by atoms with van der Waals surface area (Å²) in [6, 6.07) is 0. The lowest BCUT2D eigenvalue weighted by Crippen LogP contribution is -2.57. The van der Waals surface area contributed by atoms with E-state index in [1.54, 1.807) is 0 Å². The van der Waals surface area contributed by atoms with Gasteiger partial charge in [0.05, 0.1) is 11.7 Å². The van der Waals surface area contributed by atoms with E-state index in [0.29, 0.717) is 28.1 Å². The molecule has 6 rings (SSSR count). The summed E-state index contributed by atoms with van der Waals surface area (Å²) in [5.41, 5.74) is 1.01. The molecule has 30 heavy (non-hydrogen) atoms. The Morgan fingerprint density at radius 3 is 2.37 bits per heavy atom. The van der Waals surface area contributed by atoms with Crippen LogP contribution in [0.1, 0.15) is 105 Å². The molecule has 0 heterocycles. The fraction of sp³-hybridized carbons (Fsp3) is 1.00. The van der Waals surface area contributed by atoms with Gasteiger partial charge in [0.1, 0.15) is 0 Å². The normalized spacial score (nSPS) is 58.8. The molecule has 0 saturated heterocycles. The van der Waals surface area contributed by atoms with Gasteiger partial charge in [0.15, 0.2) is 0 Å². The minimum Gasteiger partial charge on any atom is -0.393 e. The van der Waals surface area contributed by atoms with E-state index in [2.05, 4.69) is 27.7 Å². The van der Waals surface area contributed by atoms with E-state index in [0.717, 1.165) is 48.9 Å². The van der Waals surface area contributed by atoms with E-state index >= 15 is 0 Å². The first-order valence-corrected chi connectivity index (χ1v) is 13.6. The zero-order chi connectivity index (χ0) is 21.1. The molecule has 0 bridgehead atoms. The molecule has 0 aromatic rings. The van der Waals surface area contributed by atoms with Crippen molar-refractivity contribution in [1.29, 1.82) is 0 Å². The minimum atomic E-state index is -0.381. The Hall–Kier alpha value is -0.0800. The van der Waals surface area contributed by atoms with Gasteiger partial charge in [-0.25, -0.2) is 0 Å². The van der Waals surface area contributed by atoms with E-state index in [1.165, 1.54) is 57.8 Å². The van der Waals surface area contributed by atoms with E-state index in [-0.39, 0.29) is 11.7 Å². The van der Waals surface area contributed by atoms with Gasteiger partial charge in [-0.1, -0.05) is 27.7 Å². The number of aliphatic hydroxyl groups is 2. The predicted octanol–water partition coefficient (Wildman–Crippen LogP) is 6.19. The number of hydrogen-bond donors (Lipinski definition) is 2. The topological polar surface area (TPSA) is 40.5 Å². The number of rotatable bonds is 4. The molecule has 0 aromatic carbocycles. The number of fused-ring (bicyclic) bond motifs is 7. The molecule has 170 valence electrons. The van der Waals surface area contributed by atoms with Crippen molar-refractivity contribution >= 4 is 0 Å². The molecule has 11 atom stereocenters. The summed E-state index contributed by atoms with van der Waals surface area (Å²) in [4.78, 5) is 0. The van der Waals surface area contributed by atoms with Crippen LogP contribution in [0.2, 0.25) is 0 Å². The smallest absolute Gasteiger partial charge is 0.0648 e. The summed E-state index contributed by atoms with van der Waals surface area (Å²) in [6.07, 6.45) is 15.2. The average molecular weight is 415 g/mol. The van der Waals surface area contributed by atoms with Gasteiger partial charge in [0, 0.05) is 0 Å². The van der Waals surface area contributed by atoms with Crippen molar-refractivity contribution in [2.24, 2.45) is 57.7 Å². The first kappa shape index (κ1) is 20.5. The van der Waals surface area contributed by atoms with E-state index < -0.39 is 0 Å². The Morgan fingerprint density at radius 2 is 1.67 bits per heavy atom. The van der Waals surface area contributed by atoms with Crippen molar-refractivity contribution in [3.63, 3.8) is 0 Å². The number of hydrogen-bond acceptors (Lipinski definition) is 2. The Kier molecular flexibility index (Phi) is 4.30. The maximum atomic E-state index is 11.1. The standard InChI is InChI=1S/C28H46O2/c1-5-27(30)13-12-25(3)19(15-27)8-9-21-22(25)10-11-26(4)23(21)14-20-16-28(20,26)17(2)24(29)18-6-7-18/h17-24,29-30H,5-16H2,1-4H3/t17-,19+,20?,21-,22+,23+,24-,25+,26+,27+,28?/m1/s1. The molecule has 0 aromatic heterocycles. The molecule has 0 aliphatic heterocycles. The Bertz CT molecular complexity index is 715. The quantitative estimate of drug-likeness (QED) is 0.575. The summed E-state index contributed by atoms with van der Waals surface area (Å²) < 4.78 is 0. The average Bonchev–Trinajstić information content (AvgIpc) is 3.64. The van der Waals surface area contributed by atoms with Crippen LogP contribution < -0.4 is 0 Å². The van der Waals surface area contributed by atoms with Gasteiger partial charge in [0.25, 0.3) is 0 Å². The van der Waals surface area contributed by atoms with Crippen LogP contribution in [0.15, 0.2) is 0 Å². The monoisotopic (exact) mass is 414 g/mol. The highest BCUT2D eigenvalue weighted by molar-refractivity contribution is 5.25. The summed E-state index contributed by atoms with van der Waals surface area (Å²) in [5, 5.41) is 22.1. The molecule has 2 heteroatoms. The molecule has 6 fully saturated rings. The van der Waals surface area contributed by atoms with Crippen molar-refractivity contribution in [3.05, 3.63) is 0 Å². The van der Waals surface area contributed by atoms with Crippen LogP contribution in [-0.2, 0) is 0 Å². The third-order valence-corrected chi connectivity index (χ3v) is 13.1. The predicted molar refractivity (Wildman–Crippen MR) is 121 cm³/mol. The lowest BCUT2D eigenvalue weighted by Gasteiger charge is -2.63. The maximum absolute atomic E-state index is 11.1. The highest BCUT2D eigenvalue weighted by Crippen LogP contribution is 2.83. The molecule has 0 spiro atoms. The first-order chi connectivity index (χ1) is 14.2. The first-order valence-electron chi connectivity index (χ1n) is 13.6.